The number of hydrogen-bond acceptors (Lipinski definition) is 6. The summed E-state index contributed by atoms with van der Waals surface area (Å²) in [6, 6.07) is 0. The van der Waals surface area contributed by atoms with Crippen molar-refractivity contribution in [3.63, 3.8) is 0 Å². The molecule has 1 aliphatic rings. The highest BCUT2D eigenvalue weighted by Gasteiger charge is 2.29. The number of nitrogens with two attached hydrogens (primary N) is 1. The van der Waals surface area contributed by atoms with Gasteiger partial charge < -0.3 is 10.6 Å². The second-order valence-electron chi connectivity index (χ2n) is 4.49. The molecule has 0 amide bonds. The molecule has 1 fully saturated rings. The molecule has 6 nitrogen and oxygen atoms in total. The van der Waals surface area contributed by atoms with Crippen molar-refractivity contribution < 1.29 is 8.42 Å². The minimum Gasteiger partial charge on any atom is -0.375 e. The summed E-state index contributed by atoms with van der Waals surface area (Å²) < 4.78 is 26.8. The first kappa shape index (κ1) is 13.7. The van der Waals surface area contributed by atoms with Gasteiger partial charge >= 0.3 is 0 Å². The SMILES string of the molecule is Cc1nc(N)sc1S(=O)(=O)N1CCCN(C)CC1. The van der Waals surface area contributed by atoms with E-state index in [2.05, 4.69) is 9.88 Å². The summed E-state index contributed by atoms with van der Waals surface area (Å²) in [6.45, 7) is 4.45. The summed E-state index contributed by atoms with van der Waals surface area (Å²) >= 11 is 1.05. The lowest BCUT2D eigenvalue weighted by Gasteiger charge is -2.19. The Bertz CT molecular complexity index is 526. The van der Waals surface area contributed by atoms with Crippen LogP contribution in [-0.2, 0) is 10.0 Å². The summed E-state index contributed by atoms with van der Waals surface area (Å²) in [5, 5.41) is 0.304. The maximum absolute atomic E-state index is 12.5. The summed E-state index contributed by atoms with van der Waals surface area (Å²) in [4.78, 5) is 6.13. The number of likely N-dealkylation sites (N-methyl/N-ethyl adjacent to an activating group) is 1. The van der Waals surface area contributed by atoms with Gasteiger partial charge in [0.2, 0.25) is 0 Å². The van der Waals surface area contributed by atoms with E-state index in [-0.39, 0.29) is 4.21 Å². The van der Waals surface area contributed by atoms with Crippen molar-refractivity contribution in [2.45, 2.75) is 17.6 Å². The van der Waals surface area contributed by atoms with E-state index >= 15 is 0 Å². The molecule has 1 aromatic rings. The normalized spacial score (nSPS) is 19.9. The van der Waals surface area contributed by atoms with Crippen LogP contribution in [0.3, 0.4) is 0 Å². The summed E-state index contributed by atoms with van der Waals surface area (Å²) in [6.07, 6.45) is 0.850. The van der Waals surface area contributed by atoms with Crippen molar-refractivity contribution in [3.05, 3.63) is 5.69 Å². The van der Waals surface area contributed by atoms with Crippen LogP contribution in [0.5, 0.6) is 0 Å². The van der Waals surface area contributed by atoms with Gasteiger partial charge in [0.05, 0.1) is 5.69 Å². The van der Waals surface area contributed by atoms with Gasteiger partial charge in [0.25, 0.3) is 10.0 Å². The van der Waals surface area contributed by atoms with Gasteiger partial charge in [0.15, 0.2) is 9.34 Å². The predicted molar refractivity (Wildman–Crippen MR) is 72.1 cm³/mol. The molecule has 18 heavy (non-hydrogen) atoms. The fourth-order valence-corrected chi connectivity index (χ4v) is 4.93. The first-order chi connectivity index (χ1) is 8.41. The largest absolute Gasteiger partial charge is 0.375 e. The van der Waals surface area contributed by atoms with Crippen molar-refractivity contribution in [1.82, 2.24) is 14.2 Å². The molecule has 0 saturated carbocycles. The number of anilines is 1. The van der Waals surface area contributed by atoms with Crippen LogP contribution in [0.4, 0.5) is 5.13 Å². The number of thiazole rings is 1. The monoisotopic (exact) mass is 290 g/mol. The Kier molecular flexibility index (Phi) is 3.90. The summed E-state index contributed by atoms with van der Waals surface area (Å²) in [5.41, 5.74) is 6.07. The minimum absolute atomic E-state index is 0.282. The van der Waals surface area contributed by atoms with Crippen LogP contribution in [0.1, 0.15) is 12.1 Å². The van der Waals surface area contributed by atoms with Crippen LogP contribution >= 0.6 is 11.3 Å². The second-order valence-corrected chi connectivity index (χ2v) is 7.65. The molecule has 2 rings (SSSR count). The minimum atomic E-state index is -3.44. The van der Waals surface area contributed by atoms with Crippen LogP contribution in [0, 0.1) is 6.92 Å². The Morgan fingerprint density at radius 3 is 2.61 bits per heavy atom. The lowest BCUT2D eigenvalue weighted by molar-refractivity contribution is 0.347. The van der Waals surface area contributed by atoms with Gasteiger partial charge in [-0.05, 0) is 26.9 Å². The third-order valence-electron chi connectivity index (χ3n) is 3.02. The molecule has 1 aliphatic heterocycles. The van der Waals surface area contributed by atoms with Gasteiger partial charge in [-0.25, -0.2) is 13.4 Å². The third kappa shape index (κ3) is 2.66. The van der Waals surface area contributed by atoms with Gasteiger partial charge in [0, 0.05) is 19.6 Å². The second kappa shape index (κ2) is 5.12. The molecule has 0 spiro atoms. The Hall–Kier alpha value is -0.700. The molecule has 0 unspecified atom stereocenters. The molecule has 0 radical (unpaired) electrons. The first-order valence-corrected chi connectivity index (χ1v) is 8.08. The van der Waals surface area contributed by atoms with Crippen molar-refractivity contribution >= 4 is 26.5 Å². The fourth-order valence-electron chi connectivity index (χ4n) is 2.02. The van der Waals surface area contributed by atoms with Gasteiger partial charge in [-0.2, -0.15) is 4.31 Å². The quantitative estimate of drug-likeness (QED) is 0.851. The zero-order valence-corrected chi connectivity index (χ0v) is 12.2. The Morgan fingerprint density at radius 2 is 2.00 bits per heavy atom. The van der Waals surface area contributed by atoms with Crippen LogP contribution in [0.15, 0.2) is 4.21 Å². The molecule has 0 bridgehead atoms. The van der Waals surface area contributed by atoms with Gasteiger partial charge in [-0.3, -0.25) is 0 Å². The van der Waals surface area contributed by atoms with E-state index in [0.29, 0.717) is 23.9 Å². The van der Waals surface area contributed by atoms with Crippen molar-refractivity contribution in [3.8, 4) is 0 Å². The van der Waals surface area contributed by atoms with Crippen LogP contribution < -0.4 is 5.73 Å². The third-order valence-corrected chi connectivity index (χ3v) is 6.50. The zero-order valence-electron chi connectivity index (χ0n) is 10.6. The first-order valence-electron chi connectivity index (χ1n) is 5.83. The average Bonchev–Trinajstić information content (AvgIpc) is 2.49. The van der Waals surface area contributed by atoms with E-state index in [0.717, 1.165) is 30.8 Å². The standard InChI is InChI=1S/C10H18N4O2S2/c1-8-9(17-10(11)12-8)18(15,16)14-5-3-4-13(2)6-7-14/h3-7H2,1-2H3,(H2,11,12). The summed E-state index contributed by atoms with van der Waals surface area (Å²) in [7, 11) is -1.43. The van der Waals surface area contributed by atoms with E-state index in [1.165, 1.54) is 4.31 Å². The number of aryl methyl sites for hydroxylation is 1. The maximum Gasteiger partial charge on any atom is 0.254 e. The molecule has 2 N–H and O–H groups in total. The highest BCUT2D eigenvalue weighted by Crippen LogP contribution is 2.28. The Labute approximate surface area is 111 Å². The van der Waals surface area contributed by atoms with E-state index in [1.54, 1.807) is 6.92 Å². The zero-order chi connectivity index (χ0) is 13.3. The average molecular weight is 290 g/mol. The van der Waals surface area contributed by atoms with Crippen molar-refractivity contribution in [2.75, 3.05) is 39.0 Å². The number of nitrogen functional groups attached to an aromatic ring is 1. The predicted octanol–water partition coefficient (Wildman–Crippen LogP) is 0.360. The van der Waals surface area contributed by atoms with Crippen LogP contribution in [0.25, 0.3) is 0 Å². The van der Waals surface area contributed by atoms with E-state index in [4.69, 9.17) is 5.73 Å². The number of sulfonamides is 1. The Morgan fingerprint density at radius 1 is 1.28 bits per heavy atom. The number of aromatic nitrogens is 1. The molecule has 0 aliphatic carbocycles. The van der Waals surface area contributed by atoms with Crippen LogP contribution in [0.2, 0.25) is 0 Å². The number of hydrogen-bond donors (Lipinski definition) is 1. The Balaban J connectivity index is 2.28. The highest BCUT2D eigenvalue weighted by molar-refractivity contribution is 7.91. The highest BCUT2D eigenvalue weighted by atomic mass is 32.2. The van der Waals surface area contributed by atoms with Gasteiger partial charge in [0.1, 0.15) is 0 Å². The lowest BCUT2D eigenvalue weighted by Crippen LogP contribution is -2.34. The maximum atomic E-state index is 12.5. The van der Waals surface area contributed by atoms with Crippen molar-refractivity contribution in [1.29, 1.82) is 0 Å². The molecule has 2 heterocycles. The molecular weight excluding hydrogens is 272 g/mol. The van der Waals surface area contributed by atoms with Gasteiger partial charge in [-0.15, -0.1) is 0 Å². The number of rotatable bonds is 2. The molecule has 0 aromatic carbocycles. The van der Waals surface area contributed by atoms with Crippen molar-refractivity contribution in [2.24, 2.45) is 0 Å². The molecule has 1 aromatic heterocycles. The molecule has 102 valence electrons. The van der Waals surface area contributed by atoms with E-state index in [1.807, 2.05) is 7.05 Å². The smallest absolute Gasteiger partial charge is 0.254 e. The molecule has 8 heteroatoms. The van der Waals surface area contributed by atoms with E-state index < -0.39 is 10.0 Å². The van der Waals surface area contributed by atoms with Crippen LogP contribution in [-0.4, -0.2) is 55.8 Å². The van der Waals surface area contributed by atoms with E-state index in [9.17, 15) is 8.42 Å². The topological polar surface area (TPSA) is 79.5 Å². The van der Waals surface area contributed by atoms with Gasteiger partial charge in [-0.1, -0.05) is 11.3 Å². The molecule has 0 atom stereocenters. The lowest BCUT2D eigenvalue weighted by atomic mass is 10.4. The summed E-state index contributed by atoms with van der Waals surface area (Å²) in [5.74, 6) is 0. The fraction of sp³-hybridized carbons (Fsp3) is 0.700. The molecule has 1 saturated heterocycles. The molecular formula is C10H18N4O2S2. The number of nitrogens with zero attached hydrogens (tertiary/aromatic N) is 3.